The van der Waals surface area contributed by atoms with Gasteiger partial charge < -0.3 is 4.90 Å². The minimum absolute atomic E-state index is 0.0460. The lowest BCUT2D eigenvalue weighted by atomic mass is 9.87. The SMILES string of the molecule is [2H]C([2H])(CC([2H])([2H])C1(F)CCN(C(=O)c2ccc(F)c(Cl)c2)CC1)c1ccc(C)cn1. The second-order valence-corrected chi connectivity index (χ2v) is 7.04. The van der Waals surface area contributed by atoms with Crippen LogP contribution in [0.15, 0.2) is 36.5 Å². The van der Waals surface area contributed by atoms with Crippen molar-refractivity contribution >= 4 is 17.5 Å². The first-order chi connectivity index (χ1) is 14.3. The maximum absolute atomic E-state index is 15.6. The van der Waals surface area contributed by atoms with Crippen LogP contribution in [0.5, 0.6) is 0 Å². The number of amides is 1. The minimum atomic E-state index is -2.47. The van der Waals surface area contributed by atoms with E-state index >= 15 is 4.39 Å². The molecule has 3 rings (SSSR count). The summed E-state index contributed by atoms with van der Waals surface area (Å²) < 4.78 is 62.1. The van der Waals surface area contributed by atoms with Crippen LogP contribution in [0.2, 0.25) is 5.02 Å². The Bertz CT molecular complexity index is 964. The molecule has 0 radical (unpaired) electrons. The minimum Gasteiger partial charge on any atom is -0.338 e. The smallest absolute Gasteiger partial charge is 0.253 e. The zero-order valence-electron chi connectivity index (χ0n) is 18.9. The number of benzene rings is 1. The highest BCUT2D eigenvalue weighted by molar-refractivity contribution is 6.31. The number of hydrogen-bond donors (Lipinski definition) is 0. The predicted molar refractivity (Wildman–Crippen MR) is 102 cm³/mol. The van der Waals surface area contributed by atoms with Gasteiger partial charge in [-0.3, -0.25) is 9.78 Å². The molecule has 0 unspecified atom stereocenters. The van der Waals surface area contributed by atoms with Crippen LogP contribution in [0.3, 0.4) is 0 Å². The average Bonchev–Trinajstić information content (AvgIpc) is 2.69. The summed E-state index contributed by atoms with van der Waals surface area (Å²) in [5, 5.41) is -0.189. The Morgan fingerprint density at radius 2 is 2.07 bits per heavy atom. The number of halogens is 3. The fourth-order valence-corrected chi connectivity index (χ4v) is 3.10. The quantitative estimate of drug-likeness (QED) is 0.700. The first kappa shape index (κ1) is 15.0. The molecule has 1 aliphatic rings. The van der Waals surface area contributed by atoms with Gasteiger partial charge in [-0.05, 0) is 68.8 Å². The molecule has 0 N–H and O–H groups in total. The van der Waals surface area contributed by atoms with Crippen molar-refractivity contribution < 1.29 is 19.1 Å². The molecule has 2 aromatic rings. The highest BCUT2D eigenvalue weighted by atomic mass is 35.5. The third-order valence-corrected chi connectivity index (χ3v) is 4.89. The van der Waals surface area contributed by atoms with Crippen LogP contribution in [0.25, 0.3) is 0 Å². The molecule has 1 amide bonds. The zero-order chi connectivity index (χ0) is 23.0. The van der Waals surface area contributed by atoms with E-state index in [1.807, 2.05) is 0 Å². The Balaban J connectivity index is 1.70. The third-order valence-electron chi connectivity index (χ3n) is 4.60. The summed E-state index contributed by atoms with van der Waals surface area (Å²) in [7, 11) is 0. The molecule has 0 aliphatic carbocycles. The van der Waals surface area contributed by atoms with E-state index in [1.165, 1.54) is 29.3 Å². The van der Waals surface area contributed by atoms with E-state index in [1.54, 1.807) is 13.0 Å². The van der Waals surface area contributed by atoms with Crippen molar-refractivity contribution in [1.29, 1.82) is 0 Å². The van der Waals surface area contributed by atoms with E-state index in [0.717, 1.165) is 11.6 Å². The van der Waals surface area contributed by atoms with Crippen molar-refractivity contribution in [2.45, 2.75) is 44.6 Å². The summed E-state index contributed by atoms with van der Waals surface area (Å²) in [6, 6.07) is 6.74. The first-order valence-corrected chi connectivity index (χ1v) is 9.09. The van der Waals surface area contributed by atoms with E-state index in [9.17, 15) is 9.18 Å². The molecule has 1 aromatic heterocycles. The number of aryl methyl sites for hydroxylation is 2. The number of nitrogens with zero attached hydrogens (tertiary/aromatic N) is 2. The normalized spacial score (nSPS) is 19.6. The van der Waals surface area contributed by atoms with Gasteiger partial charge in [-0.2, -0.15) is 0 Å². The second-order valence-electron chi connectivity index (χ2n) is 6.64. The summed E-state index contributed by atoms with van der Waals surface area (Å²) in [6.07, 6.45) is -4.41. The maximum Gasteiger partial charge on any atom is 0.253 e. The number of pyridine rings is 1. The lowest BCUT2D eigenvalue weighted by Crippen LogP contribution is -2.44. The molecule has 3 nitrogen and oxygen atoms in total. The molecule has 27 heavy (non-hydrogen) atoms. The van der Waals surface area contributed by atoms with Crippen LogP contribution in [-0.2, 0) is 6.37 Å². The van der Waals surface area contributed by atoms with E-state index in [2.05, 4.69) is 4.98 Å². The fraction of sp³-hybridized carbons (Fsp3) is 0.429. The molecule has 6 heteroatoms. The summed E-state index contributed by atoms with van der Waals surface area (Å²) in [5.41, 5.74) is -1.25. The third kappa shape index (κ3) is 5.04. The molecule has 1 aromatic carbocycles. The van der Waals surface area contributed by atoms with Crippen LogP contribution < -0.4 is 0 Å². The standard InChI is InChI=1S/C21H23ClF2N2O/c1-15-4-6-17(25-14-15)3-2-8-21(24)9-11-26(12-10-21)20(27)16-5-7-19(23)18(22)13-16/h4-7,13-14H,2-3,8-12H2,1H3/i3D2,8D2. The van der Waals surface area contributed by atoms with Gasteiger partial charge in [0.1, 0.15) is 11.5 Å². The van der Waals surface area contributed by atoms with E-state index in [-0.39, 0.29) is 42.2 Å². The average molecular weight is 397 g/mol. The number of alkyl halides is 1. The monoisotopic (exact) mass is 396 g/mol. The van der Waals surface area contributed by atoms with Gasteiger partial charge in [-0.1, -0.05) is 17.7 Å². The Morgan fingerprint density at radius 1 is 1.33 bits per heavy atom. The van der Waals surface area contributed by atoms with Crippen molar-refractivity contribution in [3.8, 4) is 0 Å². The Hall–Kier alpha value is -2.01. The van der Waals surface area contributed by atoms with Crippen LogP contribution in [-0.4, -0.2) is 34.5 Å². The second kappa shape index (κ2) is 8.34. The van der Waals surface area contributed by atoms with Crippen molar-refractivity contribution in [3.63, 3.8) is 0 Å². The van der Waals surface area contributed by atoms with Gasteiger partial charge in [0.05, 0.1) is 5.02 Å². The van der Waals surface area contributed by atoms with Crippen LogP contribution in [0.4, 0.5) is 8.78 Å². The van der Waals surface area contributed by atoms with E-state index < -0.39 is 36.6 Å². The maximum atomic E-state index is 15.6. The van der Waals surface area contributed by atoms with Crippen molar-refractivity contribution in [1.82, 2.24) is 9.88 Å². The number of carbonyl (C=O) groups is 1. The van der Waals surface area contributed by atoms with Crippen LogP contribution in [0, 0.1) is 12.7 Å². The molecule has 1 saturated heterocycles. The lowest BCUT2D eigenvalue weighted by molar-refractivity contribution is 0.0389. The number of aromatic nitrogens is 1. The Labute approximate surface area is 169 Å². The van der Waals surface area contributed by atoms with Gasteiger partial charge in [0, 0.05) is 36.0 Å². The van der Waals surface area contributed by atoms with E-state index in [0.29, 0.717) is 0 Å². The topological polar surface area (TPSA) is 33.2 Å². The molecule has 1 fully saturated rings. The summed E-state index contributed by atoms with van der Waals surface area (Å²) in [4.78, 5) is 18.0. The Morgan fingerprint density at radius 3 is 2.70 bits per heavy atom. The van der Waals surface area contributed by atoms with Gasteiger partial charge in [0.2, 0.25) is 0 Å². The van der Waals surface area contributed by atoms with Crippen molar-refractivity contribution in [3.05, 3.63) is 64.2 Å². The zero-order valence-corrected chi connectivity index (χ0v) is 15.7. The molecule has 0 bridgehead atoms. The van der Waals surface area contributed by atoms with Gasteiger partial charge in [0.25, 0.3) is 5.91 Å². The van der Waals surface area contributed by atoms with Gasteiger partial charge in [-0.15, -0.1) is 0 Å². The molecule has 1 aliphatic heterocycles. The highest BCUT2D eigenvalue weighted by Crippen LogP contribution is 2.32. The number of rotatable bonds is 5. The largest absolute Gasteiger partial charge is 0.338 e. The first-order valence-electron chi connectivity index (χ1n) is 10.7. The summed E-state index contributed by atoms with van der Waals surface area (Å²) >= 11 is 5.73. The van der Waals surface area contributed by atoms with Gasteiger partial charge in [0.15, 0.2) is 0 Å². The number of carbonyl (C=O) groups excluding carboxylic acids is 1. The molecule has 0 saturated carbocycles. The molecule has 0 atom stereocenters. The van der Waals surface area contributed by atoms with Crippen molar-refractivity contribution in [2.24, 2.45) is 0 Å². The fourth-order valence-electron chi connectivity index (χ4n) is 2.92. The summed E-state index contributed by atoms with van der Waals surface area (Å²) in [6.45, 7) is 1.71. The predicted octanol–water partition coefficient (Wildman–Crippen LogP) is 5.15. The molecule has 2 heterocycles. The molecular formula is C21H23ClF2N2O. The molecule has 0 spiro atoms. The Kier molecular flexibility index (Phi) is 4.63. The molecule has 144 valence electrons. The number of piperidine rings is 1. The van der Waals surface area contributed by atoms with Crippen LogP contribution in [0.1, 0.15) is 52.7 Å². The van der Waals surface area contributed by atoms with Gasteiger partial charge in [-0.25, -0.2) is 8.78 Å². The van der Waals surface area contributed by atoms with E-state index in [4.69, 9.17) is 17.1 Å². The van der Waals surface area contributed by atoms with Crippen LogP contribution >= 0.6 is 11.6 Å². The molecular weight excluding hydrogens is 370 g/mol. The highest BCUT2D eigenvalue weighted by Gasteiger charge is 2.35. The number of hydrogen-bond acceptors (Lipinski definition) is 2. The lowest BCUT2D eigenvalue weighted by Gasteiger charge is -2.36. The number of likely N-dealkylation sites (tertiary alicyclic amines) is 1. The van der Waals surface area contributed by atoms with Gasteiger partial charge >= 0.3 is 0 Å². The van der Waals surface area contributed by atoms with Crippen molar-refractivity contribution in [2.75, 3.05) is 13.1 Å². The summed E-state index contributed by atoms with van der Waals surface area (Å²) in [5.74, 6) is -1.09.